The third-order valence-corrected chi connectivity index (χ3v) is 5.49. The maximum absolute atomic E-state index is 14.4. The minimum atomic E-state index is -1.02. The summed E-state index contributed by atoms with van der Waals surface area (Å²) in [6.45, 7) is 6.04. The second kappa shape index (κ2) is 12.9. The number of ether oxygens (including phenoxy) is 1. The molecule has 1 unspecified atom stereocenters. The quantitative estimate of drug-likeness (QED) is 0.233. The van der Waals surface area contributed by atoms with Crippen LogP contribution >= 0.6 is 0 Å². The second-order valence-electron chi connectivity index (χ2n) is 8.14. The highest BCUT2D eigenvalue weighted by molar-refractivity contribution is 5.81. The van der Waals surface area contributed by atoms with Gasteiger partial charge in [0.05, 0.1) is 19.3 Å². The van der Waals surface area contributed by atoms with Gasteiger partial charge < -0.3 is 14.9 Å². The van der Waals surface area contributed by atoms with E-state index in [-0.39, 0.29) is 30.1 Å². The van der Waals surface area contributed by atoms with Crippen molar-refractivity contribution in [3.8, 4) is 0 Å². The van der Waals surface area contributed by atoms with Gasteiger partial charge in [0.15, 0.2) is 0 Å². The highest BCUT2D eigenvalue weighted by Gasteiger charge is 2.40. The summed E-state index contributed by atoms with van der Waals surface area (Å²) < 4.78 is 18.9. The van der Waals surface area contributed by atoms with Crippen LogP contribution in [0.25, 0.3) is 0 Å². The van der Waals surface area contributed by atoms with Gasteiger partial charge in [0.25, 0.3) is 0 Å². The lowest BCUT2D eigenvalue weighted by atomic mass is 9.87. The number of aliphatic hydroxyl groups excluding tert-OH is 2. The maximum atomic E-state index is 14.4. The number of unbranched alkanes of at least 4 members (excludes halogenated alkanes) is 2. The normalized spacial score (nSPS) is 27.2. The number of carbonyl (C=O) groups is 1. The molecule has 0 bridgehead atoms. The van der Waals surface area contributed by atoms with Crippen molar-refractivity contribution < 1.29 is 24.1 Å². The number of halogens is 1. The molecule has 0 heterocycles. The molecule has 0 aromatic carbocycles. The van der Waals surface area contributed by atoms with Gasteiger partial charge in [-0.15, -0.1) is 0 Å². The Hall–Kier alpha value is -1.46. The molecule has 0 aliphatic heterocycles. The minimum Gasteiger partial charge on any atom is -0.466 e. The van der Waals surface area contributed by atoms with Gasteiger partial charge in [-0.05, 0) is 51.4 Å². The Morgan fingerprint density at radius 1 is 1.32 bits per heavy atom. The van der Waals surface area contributed by atoms with Gasteiger partial charge >= 0.3 is 5.97 Å². The smallest absolute Gasteiger partial charge is 0.330 e. The summed E-state index contributed by atoms with van der Waals surface area (Å²) >= 11 is 0. The van der Waals surface area contributed by atoms with E-state index in [1.54, 1.807) is 12.2 Å². The lowest BCUT2D eigenvalue weighted by Gasteiger charge is -2.21. The molecular weight excluding hydrogens is 359 g/mol. The number of aliphatic hydroxyl groups is 2. The van der Waals surface area contributed by atoms with Crippen LogP contribution < -0.4 is 0 Å². The molecule has 1 fully saturated rings. The van der Waals surface area contributed by atoms with E-state index in [9.17, 15) is 19.4 Å². The van der Waals surface area contributed by atoms with Crippen LogP contribution in [0.2, 0.25) is 0 Å². The molecule has 160 valence electrons. The van der Waals surface area contributed by atoms with Crippen molar-refractivity contribution in [2.45, 2.75) is 77.7 Å². The number of carbonyl (C=O) groups excluding carboxylic acids is 1. The van der Waals surface area contributed by atoms with Crippen LogP contribution in [-0.4, -0.2) is 41.7 Å². The van der Waals surface area contributed by atoms with Crippen molar-refractivity contribution in [2.75, 3.05) is 7.11 Å². The first-order valence-electron chi connectivity index (χ1n) is 10.3. The number of hydrogen-bond acceptors (Lipinski definition) is 4. The average molecular weight is 397 g/mol. The SMILES string of the molecule is COC(=O)/C=C/CCCC[C@@H]1[C@@H](/C=C/[C@@H](O)C(C)CC=C(C)C)[C@H](O)C[C@H]1F. The van der Waals surface area contributed by atoms with Crippen molar-refractivity contribution in [2.24, 2.45) is 17.8 Å². The number of rotatable bonds is 11. The molecule has 0 aromatic rings. The largest absolute Gasteiger partial charge is 0.466 e. The zero-order valence-electron chi connectivity index (χ0n) is 17.7. The van der Waals surface area contributed by atoms with E-state index < -0.39 is 18.4 Å². The van der Waals surface area contributed by atoms with E-state index in [0.717, 1.165) is 25.7 Å². The summed E-state index contributed by atoms with van der Waals surface area (Å²) in [5.41, 5.74) is 1.22. The Balaban J connectivity index is 2.52. The van der Waals surface area contributed by atoms with Crippen LogP contribution in [0.3, 0.4) is 0 Å². The lowest BCUT2D eigenvalue weighted by molar-refractivity contribution is -0.134. The molecule has 4 nitrogen and oxygen atoms in total. The maximum Gasteiger partial charge on any atom is 0.330 e. The number of allylic oxidation sites excluding steroid dienone is 3. The molecule has 0 saturated heterocycles. The van der Waals surface area contributed by atoms with Gasteiger partial charge in [-0.2, -0.15) is 0 Å². The topological polar surface area (TPSA) is 66.8 Å². The molecule has 1 saturated carbocycles. The Kier molecular flexibility index (Phi) is 11.3. The average Bonchev–Trinajstić information content (AvgIpc) is 2.92. The van der Waals surface area contributed by atoms with Gasteiger partial charge in [-0.3, -0.25) is 0 Å². The number of hydrogen-bond donors (Lipinski definition) is 2. The summed E-state index contributed by atoms with van der Waals surface area (Å²) in [5, 5.41) is 20.6. The Labute approximate surface area is 169 Å². The molecule has 0 radical (unpaired) electrons. The molecule has 5 heteroatoms. The van der Waals surface area contributed by atoms with Crippen LogP contribution in [0.1, 0.15) is 59.3 Å². The highest BCUT2D eigenvalue weighted by atomic mass is 19.1. The van der Waals surface area contributed by atoms with E-state index in [1.807, 2.05) is 26.8 Å². The first-order chi connectivity index (χ1) is 13.3. The molecule has 28 heavy (non-hydrogen) atoms. The third-order valence-electron chi connectivity index (χ3n) is 5.49. The van der Waals surface area contributed by atoms with E-state index in [2.05, 4.69) is 10.8 Å². The fraction of sp³-hybridized carbons (Fsp3) is 0.696. The van der Waals surface area contributed by atoms with E-state index in [0.29, 0.717) is 6.42 Å². The zero-order valence-corrected chi connectivity index (χ0v) is 17.7. The molecule has 1 rings (SSSR count). The van der Waals surface area contributed by atoms with Crippen LogP contribution in [0.15, 0.2) is 36.0 Å². The molecular formula is C23H37FO4. The number of alkyl halides is 1. The van der Waals surface area contributed by atoms with E-state index in [1.165, 1.54) is 18.8 Å². The first-order valence-corrected chi connectivity index (χ1v) is 10.3. The molecule has 2 N–H and O–H groups in total. The van der Waals surface area contributed by atoms with E-state index in [4.69, 9.17) is 0 Å². The predicted octanol–water partition coefficient (Wildman–Crippen LogP) is 4.52. The van der Waals surface area contributed by atoms with Gasteiger partial charge in [0.2, 0.25) is 0 Å². The number of esters is 1. The Morgan fingerprint density at radius 2 is 2.04 bits per heavy atom. The van der Waals surface area contributed by atoms with Gasteiger partial charge in [0, 0.05) is 18.4 Å². The van der Waals surface area contributed by atoms with Crippen molar-refractivity contribution in [1.82, 2.24) is 0 Å². The Morgan fingerprint density at radius 3 is 2.68 bits per heavy atom. The van der Waals surface area contributed by atoms with Crippen molar-refractivity contribution in [3.63, 3.8) is 0 Å². The fourth-order valence-corrected chi connectivity index (χ4v) is 3.62. The molecule has 1 aliphatic rings. The third kappa shape index (κ3) is 8.70. The van der Waals surface area contributed by atoms with Crippen molar-refractivity contribution >= 4 is 5.97 Å². The van der Waals surface area contributed by atoms with E-state index >= 15 is 0 Å². The zero-order chi connectivity index (χ0) is 21.1. The molecule has 0 aromatic heterocycles. The summed E-state index contributed by atoms with van der Waals surface area (Å²) in [7, 11) is 1.34. The van der Waals surface area contributed by atoms with Crippen LogP contribution in [0.4, 0.5) is 4.39 Å². The van der Waals surface area contributed by atoms with Crippen LogP contribution in [0.5, 0.6) is 0 Å². The highest BCUT2D eigenvalue weighted by Crippen LogP contribution is 2.39. The monoisotopic (exact) mass is 396 g/mol. The minimum absolute atomic E-state index is 0.0749. The lowest BCUT2D eigenvalue weighted by Crippen LogP contribution is -2.21. The van der Waals surface area contributed by atoms with Gasteiger partial charge in [-0.25, -0.2) is 9.18 Å². The van der Waals surface area contributed by atoms with Gasteiger partial charge in [0.1, 0.15) is 6.17 Å². The van der Waals surface area contributed by atoms with Crippen molar-refractivity contribution in [3.05, 3.63) is 36.0 Å². The van der Waals surface area contributed by atoms with Crippen LogP contribution in [0, 0.1) is 17.8 Å². The second-order valence-corrected chi connectivity index (χ2v) is 8.14. The van der Waals surface area contributed by atoms with Crippen LogP contribution in [-0.2, 0) is 9.53 Å². The Bertz CT molecular complexity index is 551. The molecule has 0 spiro atoms. The first kappa shape index (κ1) is 24.6. The summed E-state index contributed by atoms with van der Waals surface area (Å²) in [4.78, 5) is 11.0. The molecule has 1 aliphatic carbocycles. The van der Waals surface area contributed by atoms with Crippen molar-refractivity contribution in [1.29, 1.82) is 0 Å². The summed E-state index contributed by atoms with van der Waals surface area (Å²) in [6.07, 6.45) is 10.5. The molecule has 0 amide bonds. The summed E-state index contributed by atoms with van der Waals surface area (Å²) in [5.74, 6) is -0.779. The molecule has 6 atom stereocenters. The fourth-order valence-electron chi connectivity index (χ4n) is 3.62. The number of methoxy groups -OCH3 is 1. The van der Waals surface area contributed by atoms with Gasteiger partial charge in [-0.1, -0.05) is 43.2 Å². The summed E-state index contributed by atoms with van der Waals surface area (Å²) in [6, 6.07) is 0. The predicted molar refractivity (Wildman–Crippen MR) is 110 cm³/mol. The standard InChI is InChI=1S/C23H37FO4/c1-16(2)11-12-17(3)21(25)14-13-19-18(20(24)15-22(19)26)9-7-5-6-8-10-23(27)28-4/h8,10-11,13-14,17-22,25-26H,5-7,9,12,15H2,1-4H3/b10-8+,14-13+/t17?,18-,19-,20-,21-,22-/m1/s1.